The quantitative estimate of drug-likeness (QED) is 0.928. The number of halogens is 2. The molecule has 1 amide bonds. The van der Waals surface area contributed by atoms with Crippen LogP contribution in [0.15, 0.2) is 22.7 Å². The molecule has 0 saturated heterocycles. The van der Waals surface area contributed by atoms with Crippen LogP contribution in [0.1, 0.15) is 24.2 Å². The minimum atomic E-state index is -0.469. The van der Waals surface area contributed by atoms with Crippen LogP contribution in [-0.2, 0) is 0 Å². The molecule has 5 heteroatoms. The summed E-state index contributed by atoms with van der Waals surface area (Å²) in [5, 5.41) is 8.93. The molecule has 1 aromatic rings. The minimum Gasteiger partial charge on any atom is -0.395 e. The van der Waals surface area contributed by atoms with Crippen molar-refractivity contribution in [2.75, 3.05) is 13.2 Å². The van der Waals surface area contributed by atoms with Crippen LogP contribution in [0.2, 0.25) is 0 Å². The molecule has 0 aliphatic carbocycles. The third-order valence-electron chi connectivity index (χ3n) is 2.41. The second-order valence-electron chi connectivity index (χ2n) is 3.92. The van der Waals surface area contributed by atoms with Crippen molar-refractivity contribution in [1.29, 1.82) is 0 Å². The van der Waals surface area contributed by atoms with E-state index in [0.29, 0.717) is 0 Å². The van der Waals surface area contributed by atoms with Crippen LogP contribution in [0.25, 0.3) is 0 Å². The second kappa shape index (κ2) is 6.12. The predicted octanol–water partition coefficient (Wildman–Crippen LogP) is 2.43. The van der Waals surface area contributed by atoms with Gasteiger partial charge < -0.3 is 10.0 Å². The Kier molecular flexibility index (Phi) is 5.08. The van der Waals surface area contributed by atoms with Crippen LogP contribution in [0.5, 0.6) is 0 Å². The fraction of sp³-hybridized carbons (Fsp3) is 0.417. The topological polar surface area (TPSA) is 40.5 Å². The summed E-state index contributed by atoms with van der Waals surface area (Å²) in [7, 11) is 0. The molecule has 1 rings (SSSR count). The maximum Gasteiger partial charge on any atom is 0.255 e. The Hall–Kier alpha value is -0.940. The van der Waals surface area contributed by atoms with Crippen LogP contribution >= 0.6 is 15.9 Å². The number of hydrogen-bond donors (Lipinski definition) is 1. The van der Waals surface area contributed by atoms with E-state index in [9.17, 15) is 9.18 Å². The number of benzene rings is 1. The van der Waals surface area contributed by atoms with Crippen LogP contribution in [0.4, 0.5) is 4.39 Å². The van der Waals surface area contributed by atoms with E-state index in [2.05, 4.69) is 15.9 Å². The summed E-state index contributed by atoms with van der Waals surface area (Å²) in [6.07, 6.45) is 0. The lowest BCUT2D eigenvalue weighted by molar-refractivity contribution is 0.0664. The van der Waals surface area contributed by atoms with Crippen molar-refractivity contribution in [1.82, 2.24) is 4.90 Å². The maximum absolute atomic E-state index is 13.3. The van der Waals surface area contributed by atoms with E-state index in [1.165, 1.54) is 17.0 Å². The molecule has 0 aliphatic rings. The van der Waals surface area contributed by atoms with Gasteiger partial charge in [0.15, 0.2) is 0 Å². The van der Waals surface area contributed by atoms with Crippen molar-refractivity contribution in [3.05, 3.63) is 34.1 Å². The Morgan fingerprint density at radius 3 is 2.71 bits per heavy atom. The van der Waals surface area contributed by atoms with Crippen LogP contribution < -0.4 is 0 Å². The van der Waals surface area contributed by atoms with Gasteiger partial charge in [-0.25, -0.2) is 4.39 Å². The van der Waals surface area contributed by atoms with Gasteiger partial charge in [-0.3, -0.25) is 4.79 Å². The molecule has 0 unspecified atom stereocenters. The van der Waals surface area contributed by atoms with Gasteiger partial charge in [0.1, 0.15) is 5.82 Å². The van der Waals surface area contributed by atoms with Crippen LogP contribution in [-0.4, -0.2) is 35.1 Å². The predicted molar refractivity (Wildman–Crippen MR) is 67.4 cm³/mol. The van der Waals surface area contributed by atoms with E-state index in [1.54, 1.807) is 6.07 Å². The zero-order valence-electron chi connectivity index (χ0n) is 9.78. The smallest absolute Gasteiger partial charge is 0.255 e. The lowest BCUT2D eigenvalue weighted by atomic mass is 10.1. The van der Waals surface area contributed by atoms with E-state index in [-0.39, 0.29) is 35.1 Å². The van der Waals surface area contributed by atoms with Gasteiger partial charge in [-0.1, -0.05) is 6.07 Å². The van der Waals surface area contributed by atoms with Crippen molar-refractivity contribution in [3.63, 3.8) is 0 Å². The monoisotopic (exact) mass is 303 g/mol. The first kappa shape index (κ1) is 14.1. The SMILES string of the molecule is CC(C)N(CCO)C(=O)c1cccc(F)c1Br. The molecule has 0 aliphatic heterocycles. The number of aliphatic hydroxyl groups is 1. The van der Waals surface area contributed by atoms with Gasteiger partial charge >= 0.3 is 0 Å². The highest BCUT2D eigenvalue weighted by Crippen LogP contribution is 2.22. The summed E-state index contributed by atoms with van der Waals surface area (Å²) in [5.74, 6) is -0.760. The zero-order valence-corrected chi connectivity index (χ0v) is 11.4. The van der Waals surface area contributed by atoms with Crippen molar-refractivity contribution >= 4 is 21.8 Å². The maximum atomic E-state index is 13.3. The summed E-state index contributed by atoms with van der Waals surface area (Å²) in [5.41, 5.74) is 0.271. The summed E-state index contributed by atoms with van der Waals surface area (Å²) < 4.78 is 13.5. The second-order valence-corrected chi connectivity index (χ2v) is 4.71. The fourth-order valence-electron chi connectivity index (χ4n) is 1.53. The molecule has 0 radical (unpaired) electrons. The van der Waals surface area contributed by atoms with E-state index in [1.807, 2.05) is 13.8 Å². The summed E-state index contributed by atoms with van der Waals surface area (Å²) in [6.45, 7) is 3.82. The van der Waals surface area contributed by atoms with Gasteiger partial charge in [0.2, 0.25) is 0 Å². The number of hydrogen-bond acceptors (Lipinski definition) is 2. The van der Waals surface area contributed by atoms with E-state index in [0.717, 1.165) is 0 Å². The Balaban J connectivity index is 3.05. The standard InChI is InChI=1S/C12H15BrFNO2/c1-8(2)15(6-7-16)12(17)9-4-3-5-10(14)11(9)13/h3-5,8,16H,6-7H2,1-2H3. The van der Waals surface area contributed by atoms with Gasteiger partial charge in [-0.15, -0.1) is 0 Å². The molecule has 17 heavy (non-hydrogen) atoms. The third kappa shape index (κ3) is 3.26. The molecule has 0 fully saturated rings. The van der Waals surface area contributed by atoms with E-state index in [4.69, 9.17) is 5.11 Å². The first-order valence-electron chi connectivity index (χ1n) is 5.35. The Morgan fingerprint density at radius 1 is 1.53 bits per heavy atom. The Bertz CT molecular complexity index is 409. The van der Waals surface area contributed by atoms with E-state index < -0.39 is 5.82 Å². The first-order valence-corrected chi connectivity index (χ1v) is 6.14. The third-order valence-corrected chi connectivity index (χ3v) is 3.21. The molecule has 0 atom stereocenters. The van der Waals surface area contributed by atoms with Crippen LogP contribution in [0, 0.1) is 5.82 Å². The molecule has 0 heterocycles. The molecule has 0 bridgehead atoms. The van der Waals surface area contributed by atoms with Crippen molar-refractivity contribution in [2.24, 2.45) is 0 Å². The zero-order chi connectivity index (χ0) is 13.0. The molecule has 1 aromatic carbocycles. The van der Waals surface area contributed by atoms with Crippen molar-refractivity contribution < 1.29 is 14.3 Å². The molecule has 0 aromatic heterocycles. The summed E-state index contributed by atoms with van der Waals surface area (Å²) >= 11 is 3.06. The highest BCUT2D eigenvalue weighted by molar-refractivity contribution is 9.10. The number of rotatable bonds is 4. The van der Waals surface area contributed by atoms with Crippen molar-refractivity contribution in [3.8, 4) is 0 Å². The summed E-state index contributed by atoms with van der Waals surface area (Å²) in [4.78, 5) is 13.7. The van der Waals surface area contributed by atoms with Crippen LogP contribution in [0.3, 0.4) is 0 Å². The average molecular weight is 304 g/mol. The molecule has 0 saturated carbocycles. The fourth-order valence-corrected chi connectivity index (χ4v) is 1.96. The number of nitrogens with zero attached hydrogens (tertiary/aromatic N) is 1. The molecule has 0 spiro atoms. The number of amides is 1. The molecule has 1 N–H and O–H groups in total. The molecular weight excluding hydrogens is 289 g/mol. The lowest BCUT2D eigenvalue weighted by Gasteiger charge is -2.26. The van der Waals surface area contributed by atoms with Crippen molar-refractivity contribution in [2.45, 2.75) is 19.9 Å². The van der Waals surface area contributed by atoms with E-state index >= 15 is 0 Å². The lowest BCUT2D eigenvalue weighted by Crippen LogP contribution is -2.39. The average Bonchev–Trinajstić information content (AvgIpc) is 2.28. The normalized spacial score (nSPS) is 10.7. The van der Waals surface area contributed by atoms with Gasteiger partial charge in [-0.05, 0) is 41.9 Å². The molecular formula is C12H15BrFNO2. The highest BCUT2D eigenvalue weighted by Gasteiger charge is 2.21. The molecule has 94 valence electrons. The highest BCUT2D eigenvalue weighted by atomic mass is 79.9. The number of carbonyl (C=O) groups excluding carboxylic acids is 1. The largest absolute Gasteiger partial charge is 0.395 e. The molecule has 3 nitrogen and oxygen atoms in total. The number of carbonyl (C=O) groups is 1. The first-order chi connectivity index (χ1) is 7.99. The van der Waals surface area contributed by atoms with Gasteiger partial charge in [0, 0.05) is 12.6 Å². The Morgan fingerprint density at radius 2 is 2.18 bits per heavy atom. The Labute approximate surface area is 108 Å². The number of aliphatic hydroxyl groups excluding tert-OH is 1. The van der Waals surface area contributed by atoms with Gasteiger partial charge in [-0.2, -0.15) is 0 Å². The van der Waals surface area contributed by atoms with Gasteiger partial charge in [0.25, 0.3) is 5.91 Å². The minimum absolute atomic E-state index is 0.0511. The van der Waals surface area contributed by atoms with Gasteiger partial charge in [0.05, 0.1) is 16.6 Å². The summed E-state index contributed by atoms with van der Waals surface area (Å²) in [6, 6.07) is 4.28.